The molecule has 0 spiro atoms. The molecule has 2 fully saturated rings. The van der Waals surface area contributed by atoms with Crippen LogP contribution in [0.4, 0.5) is 8.78 Å². The first-order valence-corrected chi connectivity index (χ1v) is 10.1. The Bertz CT molecular complexity index is 867. The number of hydrogen-bond donors (Lipinski definition) is 1. The monoisotopic (exact) mass is 400 g/mol. The van der Waals surface area contributed by atoms with Crippen molar-refractivity contribution in [2.45, 2.75) is 44.2 Å². The second-order valence-corrected chi connectivity index (χ2v) is 8.21. The number of piperidine rings is 1. The lowest BCUT2D eigenvalue weighted by Gasteiger charge is -2.40. The van der Waals surface area contributed by atoms with E-state index in [0.717, 1.165) is 11.1 Å². The van der Waals surface area contributed by atoms with Crippen LogP contribution in [0.25, 0.3) is 0 Å². The summed E-state index contributed by atoms with van der Waals surface area (Å²) in [5.74, 6) is -3.79. The molecule has 1 N–H and O–H groups in total. The minimum Gasteiger partial charge on any atom is -0.508 e. The zero-order valence-electron chi connectivity index (χ0n) is 16.5. The summed E-state index contributed by atoms with van der Waals surface area (Å²) in [6.07, 6.45) is 0.879. The van der Waals surface area contributed by atoms with Crippen LogP contribution in [0.3, 0.4) is 0 Å². The molecular weight excluding hydrogens is 374 g/mol. The van der Waals surface area contributed by atoms with Crippen molar-refractivity contribution in [3.05, 3.63) is 65.2 Å². The quantitative estimate of drug-likeness (QED) is 0.846. The van der Waals surface area contributed by atoms with E-state index in [2.05, 4.69) is 0 Å². The molecule has 4 rings (SSSR count). The number of carbonyl (C=O) groups excluding carboxylic acids is 1. The van der Waals surface area contributed by atoms with Crippen molar-refractivity contribution in [2.24, 2.45) is 0 Å². The van der Waals surface area contributed by atoms with Crippen LogP contribution < -0.4 is 0 Å². The van der Waals surface area contributed by atoms with E-state index in [1.165, 1.54) is 12.1 Å². The van der Waals surface area contributed by atoms with Gasteiger partial charge in [0.1, 0.15) is 5.75 Å². The van der Waals surface area contributed by atoms with Crippen molar-refractivity contribution in [1.82, 2.24) is 9.80 Å². The third-order valence-electron chi connectivity index (χ3n) is 6.13. The van der Waals surface area contributed by atoms with E-state index in [1.54, 1.807) is 21.9 Å². The summed E-state index contributed by atoms with van der Waals surface area (Å²) in [6, 6.07) is 13.6. The Kier molecular flexibility index (Phi) is 5.30. The van der Waals surface area contributed by atoms with Crippen LogP contribution in [0.1, 0.15) is 35.4 Å². The normalized spacial score (nSPS) is 24.8. The standard InChI is InChI=1S/C23H26F2N2O2/c1-16-2-4-17(5-3-16)14-26-13-11-21(22(26)29)27-12-10-20(23(24,25)15-27)18-6-8-19(28)9-7-18/h2-9,20-21,28H,10-15H2,1H3/t20-,21+/m1/s1. The van der Waals surface area contributed by atoms with Gasteiger partial charge in [0.15, 0.2) is 0 Å². The highest BCUT2D eigenvalue weighted by molar-refractivity contribution is 5.84. The molecule has 2 saturated heterocycles. The van der Waals surface area contributed by atoms with Crippen LogP contribution >= 0.6 is 0 Å². The van der Waals surface area contributed by atoms with Crippen molar-refractivity contribution in [1.29, 1.82) is 0 Å². The van der Waals surface area contributed by atoms with Gasteiger partial charge in [-0.25, -0.2) is 8.78 Å². The van der Waals surface area contributed by atoms with Crippen LogP contribution in [-0.4, -0.2) is 52.4 Å². The predicted molar refractivity (Wildman–Crippen MR) is 107 cm³/mol. The lowest BCUT2D eigenvalue weighted by Crippen LogP contribution is -2.53. The first-order valence-electron chi connectivity index (χ1n) is 10.1. The maximum atomic E-state index is 14.9. The van der Waals surface area contributed by atoms with Gasteiger partial charge in [-0.05, 0) is 49.6 Å². The molecule has 0 saturated carbocycles. The number of phenolic OH excluding ortho intramolecular Hbond substituents is 1. The van der Waals surface area contributed by atoms with E-state index >= 15 is 0 Å². The van der Waals surface area contributed by atoms with Crippen LogP contribution in [-0.2, 0) is 11.3 Å². The van der Waals surface area contributed by atoms with Gasteiger partial charge in [-0.15, -0.1) is 0 Å². The summed E-state index contributed by atoms with van der Waals surface area (Å²) in [5.41, 5.74) is 2.75. The number of amides is 1. The van der Waals surface area contributed by atoms with Crippen LogP contribution in [0.5, 0.6) is 5.75 Å². The number of likely N-dealkylation sites (tertiary alicyclic amines) is 2. The second kappa shape index (κ2) is 7.75. The summed E-state index contributed by atoms with van der Waals surface area (Å²) in [7, 11) is 0. The van der Waals surface area contributed by atoms with Crippen LogP contribution in [0, 0.1) is 6.92 Å². The van der Waals surface area contributed by atoms with Crippen LogP contribution in [0.2, 0.25) is 0 Å². The lowest BCUT2D eigenvalue weighted by atomic mass is 9.85. The Balaban J connectivity index is 1.41. The topological polar surface area (TPSA) is 43.8 Å². The molecule has 2 atom stereocenters. The molecule has 1 amide bonds. The number of benzene rings is 2. The molecular formula is C23H26F2N2O2. The Labute approximate surface area is 169 Å². The Hall–Kier alpha value is -2.47. The van der Waals surface area contributed by atoms with E-state index in [-0.39, 0.29) is 11.7 Å². The van der Waals surface area contributed by atoms with Crippen molar-refractivity contribution in [2.75, 3.05) is 19.6 Å². The molecule has 0 radical (unpaired) electrons. The third-order valence-corrected chi connectivity index (χ3v) is 6.13. The molecule has 0 bridgehead atoms. The predicted octanol–water partition coefficient (Wildman–Crippen LogP) is 3.93. The molecule has 29 heavy (non-hydrogen) atoms. The molecule has 0 aromatic heterocycles. The molecule has 2 aromatic carbocycles. The number of alkyl halides is 2. The minimum absolute atomic E-state index is 0.0514. The first-order chi connectivity index (χ1) is 13.8. The minimum atomic E-state index is -2.92. The average molecular weight is 400 g/mol. The number of aryl methyl sites for hydroxylation is 1. The summed E-state index contributed by atoms with van der Waals surface area (Å²) >= 11 is 0. The fourth-order valence-electron chi connectivity index (χ4n) is 4.48. The highest BCUT2D eigenvalue weighted by Gasteiger charge is 2.49. The Morgan fingerprint density at radius 1 is 1.03 bits per heavy atom. The first kappa shape index (κ1) is 19.8. The van der Waals surface area contributed by atoms with Crippen molar-refractivity contribution >= 4 is 5.91 Å². The number of rotatable bonds is 4. The number of phenols is 1. The maximum absolute atomic E-state index is 14.9. The molecule has 2 aliphatic rings. The maximum Gasteiger partial charge on any atom is 0.267 e. The zero-order valence-corrected chi connectivity index (χ0v) is 16.5. The van der Waals surface area contributed by atoms with Crippen molar-refractivity contribution < 1.29 is 18.7 Å². The largest absolute Gasteiger partial charge is 0.508 e. The van der Waals surface area contributed by atoms with Gasteiger partial charge in [-0.3, -0.25) is 9.69 Å². The molecule has 6 heteroatoms. The van der Waals surface area contributed by atoms with Gasteiger partial charge in [0.2, 0.25) is 5.91 Å². The Morgan fingerprint density at radius 3 is 2.38 bits per heavy atom. The lowest BCUT2D eigenvalue weighted by molar-refractivity contribution is -0.137. The van der Waals surface area contributed by atoms with Gasteiger partial charge in [0.05, 0.1) is 18.5 Å². The number of nitrogens with zero attached hydrogens (tertiary/aromatic N) is 2. The highest BCUT2D eigenvalue weighted by atomic mass is 19.3. The van der Waals surface area contributed by atoms with E-state index in [0.29, 0.717) is 38.0 Å². The summed E-state index contributed by atoms with van der Waals surface area (Å²) in [5, 5.41) is 9.41. The number of hydrogen-bond acceptors (Lipinski definition) is 3. The fourth-order valence-corrected chi connectivity index (χ4v) is 4.48. The average Bonchev–Trinajstić information content (AvgIpc) is 3.04. The van der Waals surface area contributed by atoms with Crippen molar-refractivity contribution in [3.8, 4) is 5.75 Å². The molecule has 154 valence electrons. The smallest absolute Gasteiger partial charge is 0.267 e. The van der Waals surface area contributed by atoms with Gasteiger partial charge in [0.25, 0.3) is 5.92 Å². The molecule has 2 aliphatic heterocycles. The number of aromatic hydroxyl groups is 1. The molecule has 0 aliphatic carbocycles. The van der Waals surface area contributed by atoms with E-state index < -0.39 is 24.4 Å². The van der Waals surface area contributed by atoms with E-state index in [1.807, 2.05) is 31.2 Å². The zero-order chi connectivity index (χ0) is 20.6. The molecule has 0 unspecified atom stereocenters. The fraction of sp³-hybridized carbons (Fsp3) is 0.435. The number of halogens is 2. The van der Waals surface area contributed by atoms with E-state index in [9.17, 15) is 18.7 Å². The van der Waals surface area contributed by atoms with Gasteiger partial charge in [-0.2, -0.15) is 0 Å². The van der Waals surface area contributed by atoms with Gasteiger partial charge in [0, 0.05) is 13.1 Å². The summed E-state index contributed by atoms with van der Waals surface area (Å²) in [6.45, 7) is 3.20. The second-order valence-electron chi connectivity index (χ2n) is 8.21. The van der Waals surface area contributed by atoms with Gasteiger partial charge >= 0.3 is 0 Å². The van der Waals surface area contributed by atoms with Gasteiger partial charge < -0.3 is 10.0 Å². The highest BCUT2D eigenvalue weighted by Crippen LogP contribution is 2.42. The van der Waals surface area contributed by atoms with Gasteiger partial charge in [-0.1, -0.05) is 42.0 Å². The van der Waals surface area contributed by atoms with Crippen molar-refractivity contribution in [3.63, 3.8) is 0 Å². The number of carbonyl (C=O) groups is 1. The molecule has 2 heterocycles. The summed E-state index contributed by atoms with van der Waals surface area (Å²) < 4.78 is 29.9. The molecule has 2 aromatic rings. The summed E-state index contributed by atoms with van der Waals surface area (Å²) in [4.78, 5) is 16.3. The van der Waals surface area contributed by atoms with Crippen LogP contribution in [0.15, 0.2) is 48.5 Å². The third kappa shape index (κ3) is 4.13. The van der Waals surface area contributed by atoms with E-state index in [4.69, 9.17) is 0 Å². The Morgan fingerprint density at radius 2 is 1.72 bits per heavy atom. The molecule has 4 nitrogen and oxygen atoms in total. The SMILES string of the molecule is Cc1ccc(CN2CC[C@H](N3CC[C@H](c4ccc(O)cc4)C(F)(F)C3)C2=O)cc1.